The molecule has 0 saturated heterocycles. The van der Waals surface area contributed by atoms with Crippen molar-refractivity contribution in [3.63, 3.8) is 0 Å². The zero-order valence-corrected chi connectivity index (χ0v) is 18.3. The fourth-order valence-electron chi connectivity index (χ4n) is 4.34. The average Bonchev–Trinajstić information content (AvgIpc) is 3.29. The van der Waals surface area contributed by atoms with Gasteiger partial charge >= 0.3 is 0 Å². The van der Waals surface area contributed by atoms with Gasteiger partial charge in [-0.25, -0.2) is 0 Å². The number of aryl methyl sites for hydroxylation is 2. The van der Waals surface area contributed by atoms with Gasteiger partial charge in [0, 0.05) is 31.0 Å². The number of carbonyl (C=O) groups is 1. The highest BCUT2D eigenvalue weighted by Crippen LogP contribution is 2.24. The van der Waals surface area contributed by atoms with Crippen LogP contribution in [0, 0.1) is 6.92 Å². The van der Waals surface area contributed by atoms with Gasteiger partial charge in [-0.15, -0.1) is 0 Å². The van der Waals surface area contributed by atoms with Crippen molar-refractivity contribution in [1.82, 2.24) is 15.0 Å². The molecular formula is C26H31N3O2. The molecule has 1 saturated carbocycles. The van der Waals surface area contributed by atoms with Crippen molar-refractivity contribution in [3.8, 4) is 11.4 Å². The van der Waals surface area contributed by atoms with E-state index in [-0.39, 0.29) is 5.91 Å². The lowest BCUT2D eigenvalue weighted by atomic mass is 9.93. The molecule has 0 radical (unpaired) electrons. The van der Waals surface area contributed by atoms with E-state index in [1.165, 1.54) is 30.4 Å². The fraction of sp³-hybridized carbons (Fsp3) is 0.423. The molecule has 0 spiro atoms. The summed E-state index contributed by atoms with van der Waals surface area (Å²) < 4.78 is 5.50. The Kier molecular flexibility index (Phi) is 7.13. The Bertz CT molecular complexity index is 960. The Balaban J connectivity index is 1.40. The van der Waals surface area contributed by atoms with E-state index in [1.54, 1.807) is 0 Å². The van der Waals surface area contributed by atoms with E-state index in [9.17, 15) is 4.79 Å². The molecule has 0 unspecified atom stereocenters. The maximum absolute atomic E-state index is 13.2. The number of aromatic nitrogens is 2. The van der Waals surface area contributed by atoms with Gasteiger partial charge in [-0.3, -0.25) is 4.79 Å². The van der Waals surface area contributed by atoms with Crippen LogP contribution in [0.2, 0.25) is 0 Å². The lowest BCUT2D eigenvalue weighted by molar-refractivity contribution is -0.134. The molecular weight excluding hydrogens is 386 g/mol. The van der Waals surface area contributed by atoms with E-state index in [1.807, 2.05) is 42.5 Å². The molecule has 0 bridgehead atoms. The van der Waals surface area contributed by atoms with Gasteiger partial charge in [0.1, 0.15) is 0 Å². The highest BCUT2D eigenvalue weighted by atomic mass is 16.5. The zero-order valence-electron chi connectivity index (χ0n) is 18.3. The van der Waals surface area contributed by atoms with Crippen molar-refractivity contribution in [3.05, 3.63) is 71.6 Å². The van der Waals surface area contributed by atoms with E-state index >= 15 is 0 Å². The van der Waals surface area contributed by atoms with Crippen molar-refractivity contribution >= 4 is 5.91 Å². The summed E-state index contributed by atoms with van der Waals surface area (Å²) in [6.45, 7) is 2.69. The van der Waals surface area contributed by atoms with Crippen LogP contribution in [-0.4, -0.2) is 33.5 Å². The molecule has 5 nitrogen and oxygen atoms in total. The first-order valence-corrected chi connectivity index (χ1v) is 11.4. The van der Waals surface area contributed by atoms with Crippen LogP contribution in [-0.2, 0) is 17.6 Å². The molecule has 0 N–H and O–H groups in total. The standard InChI is InChI=1S/C26H31N3O2/c1-20-12-15-22(16-13-20)26-27-24(31-28-26)18-19-29(23-10-6-3-7-11-23)25(30)17-14-21-8-4-2-5-9-21/h2,4-5,8-9,12-13,15-16,23H,3,6-7,10-11,14,17-19H2,1H3. The fourth-order valence-corrected chi connectivity index (χ4v) is 4.34. The minimum atomic E-state index is 0.231. The largest absolute Gasteiger partial charge is 0.339 e. The summed E-state index contributed by atoms with van der Waals surface area (Å²) in [5.41, 5.74) is 3.35. The number of hydrogen-bond donors (Lipinski definition) is 0. The van der Waals surface area contributed by atoms with Crippen LogP contribution in [0.3, 0.4) is 0 Å². The lowest BCUT2D eigenvalue weighted by Crippen LogP contribution is -2.42. The first-order valence-electron chi connectivity index (χ1n) is 11.4. The SMILES string of the molecule is Cc1ccc(-c2noc(CCN(C(=O)CCc3ccccc3)C3CCCCC3)n2)cc1. The lowest BCUT2D eigenvalue weighted by Gasteiger charge is -2.34. The summed E-state index contributed by atoms with van der Waals surface area (Å²) >= 11 is 0. The Morgan fingerprint density at radius 1 is 1.00 bits per heavy atom. The van der Waals surface area contributed by atoms with E-state index < -0.39 is 0 Å². The number of nitrogens with zero attached hydrogens (tertiary/aromatic N) is 3. The third kappa shape index (κ3) is 5.81. The molecule has 5 heteroatoms. The number of rotatable bonds is 8. The molecule has 4 rings (SSSR count). The van der Waals surface area contributed by atoms with Crippen LogP contribution in [0.15, 0.2) is 59.1 Å². The number of hydrogen-bond acceptors (Lipinski definition) is 4. The van der Waals surface area contributed by atoms with Gasteiger partial charge in [-0.1, -0.05) is 84.6 Å². The number of amides is 1. The van der Waals surface area contributed by atoms with Crippen LogP contribution < -0.4 is 0 Å². The molecule has 1 aliphatic rings. The number of carbonyl (C=O) groups excluding carboxylic acids is 1. The van der Waals surface area contributed by atoms with Crippen molar-refractivity contribution in [2.45, 2.75) is 64.3 Å². The van der Waals surface area contributed by atoms with Gasteiger partial charge in [0.25, 0.3) is 0 Å². The monoisotopic (exact) mass is 417 g/mol. The van der Waals surface area contributed by atoms with Crippen LogP contribution in [0.5, 0.6) is 0 Å². The first kappa shape index (κ1) is 21.3. The summed E-state index contributed by atoms with van der Waals surface area (Å²) in [4.78, 5) is 19.8. The predicted octanol–water partition coefficient (Wildman–Crippen LogP) is 5.38. The minimum absolute atomic E-state index is 0.231. The topological polar surface area (TPSA) is 59.2 Å². The highest BCUT2D eigenvalue weighted by Gasteiger charge is 2.25. The quantitative estimate of drug-likeness (QED) is 0.494. The molecule has 1 aromatic heterocycles. The predicted molar refractivity (Wildman–Crippen MR) is 122 cm³/mol. The zero-order chi connectivity index (χ0) is 21.5. The first-order chi connectivity index (χ1) is 15.2. The van der Waals surface area contributed by atoms with Crippen molar-refractivity contribution < 1.29 is 9.32 Å². The van der Waals surface area contributed by atoms with Gasteiger partial charge in [0.2, 0.25) is 17.6 Å². The maximum Gasteiger partial charge on any atom is 0.228 e. The second-order valence-corrected chi connectivity index (χ2v) is 8.49. The number of benzene rings is 2. The van der Waals surface area contributed by atoms with Gasteiger partial charge < -0.3 is 9.42 Å². The Hall–Kier alpha value is -2.95. The van der Waals surface area contributed by atoms with Gasteiger partial charge in [0.15, 0.2) is 0 Å². The second kappa shape index (κ2) is 10.4. The van der Waals surface area contributed by atoms with Crippen LogP contribution in [0.1, 0.15) is 55.5 Å². The van der Waals surface area contributed by atoms with Gasteiger partial charge in [0.05, 0.1) is 0 Å². The van der Waals surface area contributed by atoms with Gasteiger partial charge in [-0.2, -0.15) is 4.98 Å². The van der Waals surface area contributed by atoms with Crippen molar-refractivity contribution in [1.29, 1.82) is 0 Å². The summed E-state index contributed by atoms with van der Waals surface area (Å²) in [5, 5.41) is 4.14. The molecule has 3 aromatic rings. The average molecular weight is 418 g/mol. The van der Waals surface area contributed by atoms with Crippen LogP contribution in [0.25, 0.3) is 11.4 Å². The van der Waals surface area contributed by atoms with E-state index in [4.69, 9.17) is 4.52 Å². The van der Waals surface area contributed by atoms with E-state index in [0.29, 0.717) is 37.1 Å². The van der Waals surface area contributed by atoms with Crippen molar-refractivity contribution in [2.75, 3.05) is 6.54 Å². The minimum Gasteiger partial charge on any atom is -0.339 e. The highest BCUT2D eigenvalue weighted by molar-refractivity contribution is 5.76. The van der Waals surface area contributed by atoms with Crippen LogP contribution in [0.4, 0.5) is 0 Å². The van der Waals surface area contributed by atoms with E-state index in [0.717, 1.165) is 24.8 Å². The second-order valence-electron chi connectivity index (χ2n) is 8.49. The molecule has 31 heavy (non-hydrogen) atoms. The summed E-state index contributed by atoms with van der Waals surface area (Å²) in [7, 11) is 0. The normalized spacial score (nSPS) is 14.5. The Morgan fingerprint density at radius 2 is 1.74 bits per heavy atom. The molecule has 1 heterocycles. The summed E-state index contributed by atoms with van der Waals surface area (Å²) in [6.07, 6.45) is 7.76. The molecule has 0 atom stereocenters. The summed E-state index contributed by atoms with van der Waals surface area (Å²) in [6, 6.07) is 18.7. The molecule has 1 amide bonds. The smallest absolute Gasteiger partial charge is 0.228 e. The third-order valence-electron chi connectivity index (χ3n) is 6.15. The van der Waals surface area contributed by atoms with Crippen molar-refractivity contribution in [2.24, 2.45) is 0 Å². The summed E-state index contributed by atoms with van der Waals surface area (Å²) in [5.74, 6) is 1.43. The van der Waals surface area contributed by atoms with Crippen LogP contribution >= 0.6 is 0 Å². The Morgan fingerprint density at radius 3 is 2.48 bits per heavy atom. The maximum atomic E-state index is 13.2. The molecule has 1 fully saturated rings. The molecule has 0 aliphatic heterocycles. The molecule has 1 aliphatic carbocycles. The van der Waals surface area contributed by atoms with Gasteiger partial charge in [-0.05, 0) is 31.7 Å². The molecule has 2 aromatic carbocycles. The third-order valence-corrected chi connectivity index (χ3v) is 6.15. The Labute approximate surface area is 184 Å². The molecule has 162 valence electrons. The van der Waals surface area contributed by atoms with E-state index in [2.05, 4.69) is 34.1 Å².